The van der Waals surface area contributed by atoms with E-state index in [2.05, 4.69) is 48.7 Å². The van der Waals surface area contributed by atoms with Gasteiger partial charge in [-0.1, -0.05) is 38.1 Å². The van der Waals surface area contributed by atoms with E-state index in [1.165, 1.54) is 11.1 Å². The van der Waals surface area contributed by atoms with Crippen LogP contribution in [0.2, 0.25) is 0 Å². The molecule has 0 aliphatic carbocycles. The standard InChI is InChI=1S/C20H28N2O2.ClH/c1-5-21-19(15-7-11-17(23-3)12-8-15)20(22-6-2)16-9-13-18(24-4)14-10-16;/h7-14,19-22H,5-6H2,1-4H3;1H. The zero-order chi connectivity index (χ0) is 17.4. The summed E-state index contributed by atoms with van der Waals surface area (Å²) in [5.74, 6) is 1.75. The molecule has 0 bridgehead atoms. The SMILES string of the molecule is CCNC(c1ccc(OC)cc1)C(NCC)c1ccc(OC)cc1.Cl. The summed E-state index contributed by atoms with van der Waals surface area (Å²) in [6.45, 7) is 6.06. The van der Waals surface area contributed by atoms with Gasteiger partial charge >= 0.3 is 0 Å². The van der Waals surface area contributed by atoms with Gasteiger partial charge in [0.2, 0.25) is 0 Å². The Morgan fingerprint density at radius 3 is 1.24 bits per heavy atom. The highest BCUT2D eigenvalue weighted by Gasteiger charge is 2.23. The Kier molecular flexibility index (Phi) is 9.35. The molecule has 2 rings (SSSR count). The second-order valence-corrected chi connectivity index (χ2v) is 5.62. The van der Waals surface area contributed by atoms with Gasteiger partial charge in [0.25, 0.3) is 0 Å². The molecule has 2 atom stereocenters. The third-order valence-electron chi connectivity index (χ3n) is 4.13. The minimum absolute atomic E-state index is 0. The maximum Gasteiger partial charge on any atom is 0.118 e. The number of ether oxygens (including phenoxy) is 2. The Labute approximate surface area is 157 Å². The van der Waals surface area contributed by atoms with E-state index in [0.29, 0.717) is 0 Å². The first-order valence-electron chi connectivity index (χ1n) is 8.48. The Bertz CT molecular complexity index is 547. The molecule has 0 aliphatic heterocycles. The highest BCUT2D eigenvalue weighted by molar-refractivity contribution is 5.85. The van der Waals surface area contributed by atoms with Gasteiger partial charge in [0.15, 0.2) is 0 Å². The van der Waals surface area contributed by atoms with Crippen molar-refractivity contribution in [3.63, 3.8) is 0 Å². The van der Waals surface area contributed by atoms with Crippen molar-refractivity contribution in [1.29, 1.82) is 0 Å². The molecule has 0 amide bonds. The van der Waals surface area contributed by atoms with Crippen molar-refractivity contribution in [2.24, 2.45) is 0 Å². The molecule has 5 heteroatoms. The Hall–Kier alpha value is -1.75. The summed E-state index contributed by atoms with van der Waals surface area (Å²) < 4.78 is 10.6. The first-order chi connectivity index (χ1) is 11.7. The van der Waals surface area contributed by atoms with Gasteiger partial charge in [0.05, 0.1) is 26.3 Å². The average molecular weight is 365 g/mol. The third-order valence-corrected chi connectivity index (χ3v) is 4.13. The third kappa shape index (κ3) is 5.63. The molecule has 0 fully saturated rings. The molecule has 138 valence electrons. The van der Waals surface area contributed by atoms with Crippen LogP contribution in [-0.2, 0) is 0 Å². The van der Waals surface area contributed by atoms with E-state index >= 15 is 0 Å². The van der Waals surface area contributed by atoms with E-state index in [-0.39, 0.29) is 24.5 Å². The summed E-state index contributed by atoms with van der Waals surface area (Å²) in [7, 11) is 3.38. The van der Waals surface area contributed by atoms with Crippen LogP contribution in [0.1, 0.15) is 37.1 Å². The number of benzene rings is 2. The second kappa shape index (κ2) is 11.0. The Morgan fingerprint density at radius 1 is 0.680 bits per heavy atom. The minimum atomic E-state index is 0. The Morgan fingerprint density at radius 2 is 1.00 bits per heavy atom. The molecule has 0 heterocycles. The minimum Gasteiger partial charge on any atom is -0.497 e. The van der Waals surface area contributed by atoms with Gasteiger partial charge in [0.1, 0.15) is 11.5 Å². The van der Waals surface area contributed by atoms with E-state index in [0.717, 1.165) is 24.6 Å². The summed E-state index contributed by atoms with van der Waals surface area (Å²) in [4.78, 5) is 0. The molecule has 0 spiro atoms. The van der Waals surface area contributed by atoms with E-state index in [9.17, 15) is 0 Å². The summed E-state index contributed by atoms with van der Waals surface area (Å²) in [5, 5.41) is 7.23. The molecular formula is C20H29ClN2O2. The van der Waals surface area contributed by atoms with Crippen molar-refractivity contribution < 1.29 is 9.47 Å². The number of rotatable bonds is 9. The fourth-order valence-electron chi connectivity index (χ4n) is 2.92. The Balaban J connectivity index is 0.00000312. The lowest BCUT2D eigenvalue weighted by molar-refractivity contribution is 0.393. The van der Waals surface area contributed by atoms with Crippen molar-refractivity contribution >= 4 is 12.4 Å². The van der Waals surface area contributed by atoms with Crippen LogP contribution in [0.5, 0.6) is 11.5 Å². The number of nitrogens with one attached hydrogen (secondary N) is 2. The predicted molar refractivity (Wildman–Crippen MR) is 106 cm³/mol. The fraction of sp³-hybridized carbons (Fsp3) is 0.400. The van der Waals surface area contributed by atoms with Gasteiger partial charge in [-0.25, -0.2) is 0 Å². The van der Waals surface area contributed by atoms with Gasteiger partial charge in [-0.2, -0.15) is 0 Å². The zero-order valence-corrected chi connectivity index (χ0v) is 16.2. The predicted octanol–water partition coefficient (Wildman–Crippen LogP) is 4.13. The lowest BCUT2D eigenvalue weighted by atomic mass is 9.93. The van der Waals surface area contributed by atoms with Crippen LogP contribution in [0.3, 0.4) is 0 Å². The van der Waals surface area contributed by atoms with E-state index < -0.39 is 0 Å². The lowest BCUT2D eigenvalue weighted by Gasteiger charge is -2.29. The molecule has 0 saturated carbocycles. The highest BCUT2D eigenvalue weighted by Crippen LogP contribution is 2.31. The molecule has 0 aromatic heterocycles. The van der Waals surface area contributed by atoms with Crippen LogP contribution in [0.25, 0.3) is 0 Å². The van der Waals surface area contributed by atoms with Gasteiger partial charge in [0, 0.05) is 0 Å². The van der Waals surface area contributed by atoms with Crippen LogP contribution >= 0.6 is 12.4 Å². The molecule has 0 aliphatic rings. The highest BCUT2D eigenvalue weighted by atomic mass is 35.5. The van der Waals surface area contributed by atoms with E-state index in [1.54, 1.807) is 14.2 Å². The molecule has 25 heavy (non-hydrogen) atoms. The maximum atomic E-state index is 5.28. The molecule has 2 aromatic carbocycles. The van der Waals surface area contributed by atoms with Crippen LogP contribution in [0.15, 0.2) is 48.5 Å². The number of hydrogen-bond donors (Lipinski definition) is 2. The van der Waals surface area contributed by atoms with Crippen molar-refractivity contribution in [2.75, 3.05) is 27.3 Å². The van der Waals surface area contributed by atoms with Crippen LogP contribution < -0.4 is 20.1 Å². The van der Waals surface area contributed by atoms with Crippen molar-refractivity contribution in [3.05, 3.63) is 59.7 Å². The molecule has 0 radical (unpaired) electrons. The lowest BCUT2D eigenvalue weighted by Crippen LogP contribution is -2.35. The average Bonchev–Trinajstić information content (AvgIpc) is 2.65. The second-order valence-electron chi connectivity index (χ2n) is 5.62. The van der Waals surface area contributed by atoms with Gasteiger partial charge in [-0.15, -0.1) is 12.4 Å². The topological polar surface area (TPSA) is 42.5 Å². The monoisotopic (exact) mass is 364 g/mol. The molecule has 0 saturated heterocycles. The number of hydrogen-bond acceptors (Lipinski definition) is 4. The van der Waals surface area contributed by atoms with Gasteiger partial charge in [-0.3, -0.25) is 0 Å². The first kappa shape index (κ1) is 21.3. The summed E-state index contributed by atoms with van der Waals surface area (Å²) >= 11 is 0. The van der Waals surface area contributed by atoms with Crippen molar-refractivity contribution in [3.8, 4) is 11.5 Å². The fourth-order valence-corrected chi connectivity index (χ4v) is 2.92. The number of likely N-dealkylation sites (N-methyl/N-ethyl adjacent to an activating group) is 2. The van der Waals surface area contributed by atoms with Gasteiger partial charge < -0.3 is 20.1 Å². The van der Waals surface area contributed by atoms with Crippen molar-refractivity contribution in [1.82, 2.24) is 10.6 Å². The van der Waals surface area contributed by atoms with Gasteiger partial charge in [-0.05, 0) is 48.5 Å². The molecule has 2 unspecified atom stereocenters. The smallest absolute Gasteiger partial charge is 0.118 e. The zero-order valence-electron chi connectivity index (χ0n) is 15.4. The molecule has 2 aromatic rings. The van der Waals surface area contributed by atoms with E-state index in [4.69, 9.17) is 9.47 Å². The molecular weight excluding hydrogens is 336 g/mol. The summed E-state index contributed by atoms with van der Waals surface area (Å²) in [6, 6.07) is 16.9. The summed E-state index contributed by atoms with van der Waals surface area (Å²) in [6.07, 6.45) is 0. The van der Waals surface area contributed by atoms with Crippen LogP contribution in [-0.4, -0.2) is 27.3 Å². The number of halogens is 1. The largest absolute Gasteiger partial charge is 0.497 e. The quantitative estimate of drug-likeness (QED) is 0.702. The summed E-state index contributed by atoms with van der Waals surface area (Å²) in [5.41, 5.74) is 2.47. The van der Waals surface area contributed by atoms with Crippen molar-refractivity contribution in [2.45, 2.75) is 25.9 Å². The maximum absolute atomic E-state index is 5.28. The normalized spacial score (nSPS) is 12.8. The first-order valence-corrected chi connectivity index (χ1v) is 8.48. The van der Waals surface area contributed by atoms with Crippen LogP contribution in [0, 0.1) is 0 Å². The molecule has 4 nitrogen and oxygen atoms in total. The molecule has 2 N–H and O–H groups in total. The van der Waals surface area contributed by atoms with Crippen LogP contribution in [0.4, 0.5) is 0 Å². The van der Waals surface area contributed by atoms with E-state index in [1.807, 2.05) is 24.3 Å². The number of methoxy groups -OCH3 is 2.